The number of fused-ring (bicyclic) bond motifs is 1. The summed E-state index contributed by atoms with van der Waals surface area (Å²) < 4.78 is 46.9. The summed E-state index contributed by atoms with van der Waals surface area (Å²) in [6.07, 6.45) is 9.13. The number of likely N-dealkylation sites (N-methyl/N-ethyl adjacent to an activating group) is 1. The summed E-state index contributed by atoms with van der Waals surface area (Å²) >= 11 is 0. The lowest BCUT2D eigenvalue weighted by atomic mass is 10.1. The van der Waals surface area contributed by atoms with Crippen LogP contribution in [0.4, 0.5) is 18.9 Å². The molecule has 0 spiro atoms. The number of carbonyl (C=O) groups is 1. The Morgan fingerprint density at radius 3 is 2.73 bits per heavy atom. The Balaban J connectivity index is 1.15. The van der Waals surface area contributed by atoms with Gasteiger partial charge in [-0.2, -0.15) is 8.78 Å². The molecule has 1 saturated heterocycles. The highest BCUT2D eigenvalue weighted by atomic mass is 19.3. The fraction of sp³-hybridized carbons (Fsp3) is 0.423. The normalized spacial score (nSPS) is 16.2. The molecule has 1 saturated carbocycles. The summed E-state index contributed by atoms with van der Waals surface area (Å²) in [7, 11) is 2.13. The first-order chi connectivity index (χ1) is 19.3. The summed E-state index contributed by atoms with van der Waals surface area (Å²) in [5.74, 6) is -1.73. The summed E-state index contributed by atoms with van der Waals surface area (Å²) in [5, 5.41) is 10.4. The Bertz CT molecular complexity index is 1530. The van der Waals surface area contributed by atoms with E-state index in [2.05, 4.69) is 58.9 Å². The zero-order valence-electron chi connectivity index (χ0n) is 21.8. The molecule has 1 aliphatic heterocycles. The van der Waals surface area contributed by atoms with Crippen molar-refractivity contribution in [3.05, 3.63) is 65.4 Å². The van der Waals surface area contributed by atoms with Crippen LogP contribution in [0.5, 0.6) is 5.75 Å². The maximum atomic E-state index is 14.3. The van der Waals surface area contributed by atoms with E-state index >= 15 is 0 Å². The van der Waals surface area contributed by atoms with E-state index in [1.165, 1.54) is 29.3 Å². The van der Waals surface area contributed by atoms with Gasteiger partial charge < -0.3 is 24.3 Å². The van der Waals surface area contributed by atoms with Crippen molar-refractivity contribution in [3.63, 3.8) is 0 Å². The van der Waals surface area contributed by atoms with Crippen LogP contribution in [0, 0.1) is 5.82 Å². The highest BCUT2D eigenvalue weighted by Crippen LogP contribution is 2.42. The number of hydrogen-bond acceptors (Lipinski definition) is 8. The van der Waals surface area contributed by atoms with Crippen LogP contribution in [0.3, 0.4) is 0 Å². The van der Waals surface area contributed by atoms with E-state index < -0.39 is 24.1 Å². The third-order valence-corrected chi connectivity index (χ3v) is 7.15. The average molecular weight is 556 g/mol. The number of ether oxygens (including phenoxy) is 1. The molecule has 0 aromatic carbocycles. The second-order valence-electron chi connectivity index (χ2n) is 10.1. The molecule has 1 aliphatic carbocycles. The van der Waals surface area contributed by atoms with Gasteiger partial charge in [0.2, 0.25) is 0 Å². The molecule has 5 heterocycles. The Labute approximate surface area is 227 Å². The summed E-state index contributed by atoms with van der Waals surface area (Å²) in [5.41, 5.74) is 3.87. The molecule has 2 fully saturated rings. The van der Waals surface area contributed by atoms with Crippen LogP contribution in [0.25, 0.3) is 5.65 Å². The molecular formula is C26H28F3N9O2. The van der Waals surface area contributed by atoms with Gasteiger partial charge in [0.1, 0.15) is 0 Å². The largest absolute Gasteiger partial charge is 0.432 e. The van der Waals surface area contributed by atoms with Gasteiger partial charge in [0.25, 0.3) is 5.91 Å². The van der Waals surface area contributed by atoms with Crippen LogP contribution in [0.1, 0.15) is 46.2 Å². The fourth-order valence-corrected chi connectivity index (χ4v) is 4.83. The lowest BCUT2D eigenvalue weighted by Crippen LogP contribution is -2.44. The molecule has 210 valence electrons. The number of aromatic nitrogens is 6. The minimum absolute atomic E-state index is 0.0123. The molecule has 6 rings (SSSR count). The molecule has 2 aliphatic rings. The van der Waals surface area contributed by atoms with E-state index in [1.54, 1.807) is 0 Å². The first kappa shape index (κ1) is 26.0. The van der Waals surface area contributed by atoms with Crippen molar-refractivity contribution in [2.24, 2.45) is 0 Å². The van der Waals surface area contributed by atoms with Gasteiger partial charge in [0.05, 0.1) is 36.4 Å². The molecule has 14 heteroatoms. The third kappa shape index (κ3) is 5.57. The van der Waals surface area contributed by atoms with Crippen LogP contribution in [-0.4, -0.2) is 80.0 Å². The molecule has 1 N–H and O–H groups in total. The van der Waals surface area contributed by atoms with Crippen molar-refractivity contribution in [1.29, 1.82) is 0 Å². The first-order valence-electron chi connectivity index (χ1n) is 13.1. The number of rotatable bonds is 9. The zero-order valence-corrected chi connectivity index (χ0v) is 21.8. The molecular weight excluding hydrogens is 527 g/mol. The quantitative estimate of drug-likeness (QED) is 0.336. The molecule has 0 unspecified atom stereocenters. The molecule has 4 aromatic heterocycles. The minimum Gasteiger partial charge on any atom is -0.432 e. The predicted molar refractivity (Wildman–Crippen MR) is 138 cm³/mol. The van der Waals surface area contributed by atoms with Crippen LogP contribution in [0.2, 0.25) is 0 Å². The Morgan fingerprint density at radius 1 is 1.18 bits per heavy atom. The van der Waals surface area contributed by atoms with Gasteiger partial charge in [0.15, 0.2) is 22.9 Å². The predicted octanol–water partition coefficient (Wildman–Crippen LogP) is 2.67. The number of anilines is 1. The van der Waals surface area contributed by atoms with Gasteiger partial charge in [0, 0.05) is 50.8 Å². The van der Waals surface area contributed by atoms with Gasteiger partial charge in [-0.15, -0.1) is 5.10 Å². The topological polar surface area (TPSA) is 106 Å². The second-order valence-corrected chi connectivity index (χ2v) is 10.1. The van der Waals surface area contributed by atoms with Gasteiger partial charge in [-0.1, -0.05) is 5.21 Å². The Kier molecular flexibility index (Phi) is 7.00. The molecule has 4 aromatic rings. The summed E-state index contributed by atoms with van der Waals surface area (Å²) in [6, 6.07) is 3.26. The maximum Gasteiger partial charge on any atom is 0.387 e. The number of nitrogens with zero attached hydrogens (tertiary/aromatic N) is 8. The fourth-order valence-electron chi connectivity index (χ4n) is 4.83. The van der Waals surface area contributed by atoms with Gasteiger partial charge >= 0.3 is 6.61 Å². The highest BCUT2D eigenvalue weighted by Gasteiger charge is 2.27. The summed E-state index contributed by atoms with van der Waals surface area (Å²) in [4.78, 5) is 26.0. The van der Waals surface area contributed by atoms with Crippen molar-refractivity contribution >= 4 is 17.2 Å². The van der Waals surface area contributed by atoms with Crippen molar-refractivity contribution in [3.8, 4) is 5.75 Å². The number of hydrogen-bond donors (Lipinski definition) is 1. The van der Waals surface area contributed by atoms with Crippen LogP contribution >= 0.6 is 0 Å². The van der Waals surface area contributed by atoms with Crippen molar-refractivity contribution in [2.75, 3.05) is 38.1 Å². The average Bonchev–Trinajstić information content (AvgIpc) is 3.54. The van der Waals surface area contributed by atoms with E-state index in [-0.39, 0.29) is 17.9 Å². The van der Waals surface area contributed by atoms with E-state index in [0.717, 1.165) is 55.5 Å². The number of piperazine rings is 1. The van der Waals surface area contributed by atoms with E-state index in [0.29, 0.717) is 12.5 Å². The molecule has 11 nitrogen and oxygen atoms in total. The van der Waals surface area contributed by atoms with E-state index in [1.807, 2.05) is 6.20 Å². The lowest BCUT2D eigenvalue weighted by Gasteiger charge is -2.34. The van der Waals surface area contributed by atoms with Crippen LogP contribution < -0.4 is 15.0 Å². The minimum atomic E-state index is -3.18. The van der Waals surface area contributed by atoms with Gasteiger partial charge in [-0.05, 0) is 37.4 Å². The van der Waals surface area contributed by atoms with Crippen molar-refractivity contribution in [1.82, 2.24) is 39.6 Å². The Hall–Kier alpha value is -4.20. The maximum absolute atomic E-state index is 14.3. The molecule has 1 amide bonds. The van der Waals surface area contributed by atoms with Crippen LogP contribution in [0.15, 0.2) is 36.9 Å². The number of imidazole rings is 1. The monoisotopic (exact) mass is 555 g/mol. The third-order valence-electron chi connectivity index (χ3n) is 7.15. The van der Waals surface area contributed by atoms with Gasteiger partial charge in [-0.25, -0.2) is 14.1 Å². The molecule has 0 bridgehead atoms. The number of carbonyl (C=O) groups excluding carboxylic acids is 1. The van der Waals surface area contributed by atoms with Crippen LogP contribution in [-0.2, 0) is 13.1 Å². The Morgan fingerprint density at radius 2 is 1.98 bits per heavy atom. The number of nitrogens with one attached hydrogen (secondary N) is 1. The lowest BCUT2D eigenvalue weighted by molar-refractivity contribution is -0.0523. The van der Waals surface area contributed by atoms with E-state index in [9.17, 15) is 18.0 Å². The molecule has 0 atom stereocenters. The summed E-state index contributed by atoms with van der Waals surface area (Å²) in [6.45, 7) is 0.638. The number of pyridine rings is 2. The second kappa shape index (κ2) is 10.8. The smallest absolute Gasteiger partial charge is 0.387 e. The molecule has 40 heavy (non-hydrogen) atoms. The van der Waals surface area contributed by atoms with Crippen molar-refractivity contribution < 1.29 is 22.7 Å². The number of halogens is 3. The first-order valence-corrected chi connectivity index (χ1v) is 13.1. The SMILES string of the molecule is CN1CCN(c2cc(C3CC3)cn3cc(Cn4cc(C(=O)NCc5nccc(OC(F)F)c5F)nn4)nc23)CC1. The number of amides is 1. The highest BCUT2D eigenvalue weighted by molar-refractivity contribution is 5.91. The zero-order chi connectivity index (χ0) is 27.8. The molecule has 0 radical (unpaired) electrons. The van der Waals surface area contributed by atoms with Gasteiger partial charge in [-0.3, -0.25) is 9.78 Å². The number of alkyl halides is 2. The van der Waals surface area contributed by atoms with Crippen molar-refractivity contribution in [2.45, 2.75) is 38.5 Å². The van der Waals surface area contributed by atoms with E-state index in [4.69, 9.17) is 4.98 Å². The standard InChI is InChI=1S/C26H28F3N9O2/c1-35-6-8-36(9-7-35)21-10-17(16-2-3-16)12-37-13-18(32-24(21)37)14-38-15-20(33-34-38)25(39)31-11-19-23(27)22(4-5-30-19)40-26(28)29/h4-5,10,12-13,15-16,26H,2-3,6-9,11,14H2,1H3,(H,31,39).